The number of halogens is 4. The molecule has 85 heavy (non-hydrogen) atoms. The quantitative estimate of drug-likeness (QED) is 0.0417. The number of esters is 1. The van der Waals surface area contributed by atoms with Gasteiger partial charge in [0.2, 0.25) is 0 Å². The Bertz CT molecular complexity index is 3390. The van der Waals surface area contributed by atoms with Crippen LogP contribution in [0.2, 0.25) is 0 Å². The molecule has 0 N–H and O–H groups in total. The third-order valence-corrected chi connectivity index (χ3v) is 16.2. The Morgan fingerprint density at radius 2 is 0.871 bits per heavy atom. The number of benzene rings is 8. The van der Waals surface area contributed by atoms with Gasteiger partial charge >= 0.3 is 5.97 Å². The molecular weight excluding hydrogens is 1090 g/mol. The Labute approximate surface area is 519 Å². The fraction of sp³-hybridized carbons (Fsp3) is 0.253. The Morgan fingerprint density at radius 3 is 1.26 bits per heavy atom. The predicted octanol–water partition coefficient (Wildman–Crippen LogP) is 23.5. The maximum Gasteiger partial charge on any atom is 0.308 e. The fourth-order valence-corrected chi connectivity index (χ4v) is 10.3. The summed E-state index contributed by atoms with van der Waals surface area (Å²) in [6, 6.07) is 62.7. The number of alkyl halides is 2. The summed E-state index contributed by atoms with van der Waals surface area (Å²) in [6.45, 7) is 38.9. The van der Waals surface area contributed by atoms with E-state index in [4.69, 9.17) is 27.9 Å². The van der Waals surface area contributed by atoms with Crippen molar-refractivity contribution in [2.45, 2.75) is 130 Å². The molecule has 0 aliphatic heterocycles. The average Bonchev–Trinajstić information content (AvgIpc) is 4.10. The Balaban J connectivity index is 0.000000230. The summed E-state index contributed by atoms with van der Waals surface area (Å²) in [5, 5.41) is 0. The number of aryl methyl sites for hydroxylation is 3. The lowest BCUT2D eigenvalue weighted by Gasteiger charge is -2.16. The van der Waals surface area contributed by atoms with Crippen LogP contribution in [0.4, 0.5) is 8.78 Å². The molecule has 1 aliphatic carbocycles. The van der Waals surface area contributed by atoms with E-state index in [0.717, 1.165) is 56.5 Å². The number of allylic oxidation sites excluding steroid dienone is 5. The second-order valence-corrected chi connectivity index (χ2v) is 22.4. The summed E-state index contributed by atoms with van der Waals surface area (Å²) in [6.07, 6.45) is 3.63. The highest BCUT2D eigenvalue weighted by molar-refractivity contribution is 6.17. The number of hydrogen-bond donors (Lipinski definition) is 0. The zero-order valence-corrected chi connectivity index (χ0v) is 52.3. The van der Waals surface area contributed by atoms with Gasteiger partial charge in [0.25, 0.3) is 0 Å². The first-order valence-corrected chi connectivity index (χ1v) is 29.9. The van der Waals surface area contributed by atoms with Gasteiger partial charge in [-0.05, 0) is 161 Å². The first-order chi connectivity index (χ1) is 40.1. The molecule has 0 heterocycles. The van der Waals surface area contributed by atoms with E-state index in [1.807, 2.05) is 19.1 Å². The van der Waals surface area contributed by atoms with E-state index in [0.29, 0.717) is 29.3 Å². The fourth-order valence-electron chi connectivity index (χ4n) is 9.97. The standard InChI is InChI=1S/C19H20O2.C18H18Cl2.C16H14F2.C13H18.C12H14.CH4/c1-13-5-7-17(8-6-13)14(2)15(3)18-9-11-19(12-10-18)21-16(4)20;1-13(17-7-3-15(11-19)4-8-17)14(2)18-9-5-16(12-20)6-10-18;1-11(13-3-7-15(17)8-4-13)12(2)14-5-9-16(18)10-6-14;1-5-13(10(2)3)12-8-6-11(4)7-9-12;1-9(2)11-8-7-10-5-3-4-6-12(10)11;/h5-12,14H,3H2,1-2,4H3;3-10,14H,1,11-12H2,2H3;3-10,12H,1H2,2H3;6-9,13H,2,5H2,1,3-4H3;3-6,11H,1,7-8H2,2H3;1H4. The van der Waals surface area contributed by atoms with E-state index in [1.165, 1.54) is 94.1 Å². The van der Waals surface area contributed by atoms with Crippen LogP contribution in [0.3, 0.4) is 0 Å². The minimum Gasteiger partial charge on any atom is -0.427 e. The van der Waals surface area contributed by atoms with Gasteiger partial charge in [0, 0.05) is 48.3 Å². The molecule has 0 aromatic heterocycles. The third-order valence-electron chi connectivity index (χ3n) is 15.5. The third kappa shape index (κ3) is 21.4. The van der Waals surface area contributed by atoms with Gasteiger partial charge in [0.05, 0.1) is 0 Å². The highest BCUT2D eigenvalue weighted by atomic mass is 35.5. The first kappa shape index (κ1) is 69.9. The minimum atomic E-state index is -0.311. The number of carbonyl (C=O) groups excluding carboxylic acids is 1. The van der Waals surface area contributed by atoms with Crippen LogP contribution in [0.25, 0.3) is 16.7 Å². The number of hydrogen-bond acceptors (Lipinski definition) is 2. The van der Waals surface area contributed by atoms with Gasteiger partial charge in [-0.25, -0.2) is 8.78 Å². The molecule has 0 saturated heterocycles. The number of rotatable bonds is 16. The molecular formula is C79H88Cl2F2O2. The molecule has 0 amide bonds. The minimum absolute atomic E-state index is 0. The Kier molecular flexibility index (Phi) is 28.7. The number of carbonyl (C=O) groups is 1. The molecule has 8 aromatic rings. The molecule has 2 nitrogen and oxygen atoms in total. The second kappa shape index (κ2) is 35.0. The van der Waals surface area contributed by atoms with Gasteiger partial charge in [-0.15, -0.1) is 23.2 Å². The first-order valence-electron chi connectivity index (χ1n) is 28.8. The highest BCUT2D eigenvalue weighted by Gasteiger charge is 2.22. The summed E-state index contributed by atoms with van der Waals surface area (Å²) < 4.78 is 30.7. The van der Waals surface area contributed by atoms with Crippen LogP contribution in [-0.4, -0.2) is 5.97 Å². The van der Waals surface area contributed by atoms with Crippen molar-refractivity contribution in [2.75, 3.05) is 0 Å². The van der Waals surface area contributed by atoms with Crippen LogP contribution in [0.1, 0.15) is 171 Å². The van der Waals surface area contributed by atoms with Gasteiger partial charge in [-0.3, -0.25) is 4.79 Å². The van der Waals surface area contributed by atoms with Crippen LogP contribution in [0, 0.1) is 25.5 Å². The van der Waals surface area contributed by atoms with Gasteiger partial charge in [-0.2, -0.15) is 0 Å². The molecule has 444 valence electrons. The van der Waals surface area contributed by atoms with Gasteiger partial charge in [0.1, 0.15) is 17.4 Å². The van der Waals surface area contributed by atoms with Crippen molar-refractivity contribution in [3.05, 3.63) is 322 Å². The van der Waals surface area contributed by atoms with Gasteiger partial charge in [-0.1, -0.05) is 248 Å². The Morgan fingerprint density at radius 1 is 0.518 bits per heavy atom. The van der Waals surface area contributed by atoms with E-state index in [-0.39, 0.29) is 42.8 Å². The van der Waals surface area contributed by atoms with E-state index in [9.17, 15) is 13.6 Å². The topological polar surface area (TPSA) is 26.3 Å². The maximum atomic E-state index is 12.9. The summed E-state index contributed by atoms with van der Waals surface area (Å²) in [7, 11) is 0. The Hall–Kier alpha value is -7.63. The zero-order chi connectivity index (χ0) is 61.5. The van der Waals surface area contributed by atoms with E-state index >= 15 is 0 Å². The van der Waals surface area contributed by atoms with Crippen molar-refractivity contribution >= 4 is 45.9 Å². The van der Waals surface area contributed by atoms with Crippen molar-refractivity contribution in [3.63, 3.8) is 0 Å². The summed E-state index contributed by atoms with van der Waals surface area (Å²) in [4.78, 5) is 10.9. The summed E-state index contributed by atoms with van der Waals surface area (Å²) >= 11 is 11.6. The lowest BCUT2D eigenvalue weighted by atomic mass is 9.89. The SMILES string of the molecule is C.C=C(C)C(CC)c1ccc(C)cc1.C=C(C)C1CCc2ccccc21.C=C(c1ccc(CCl)cc1)C(C)c1ccc(CCl)cc1.C=C(c1ccc(F)cc1)C(C)c1ccc(F)cc1.C=C(c1ccc(OC(C)=O)cc1)C(C)c1ccc(C)cc1. The maximum absolute atomic E-state index is 12.9. The van der Waals surface area contributed by atoms with Crippen LogP contribution >= 0.6 is 23.2 Å². The number of fused-ring (bicyclic) bond motifs is 1. The molecule has 5 atom stereocenters. The summed E-state index contributed by atoms with van der Waals surface area (Å²) in [5.74, 6) is 2.57. The molecule has 9 rings (SSSR count). The predicted molar refractivity (Wildman–Crippen MR) is 364 cm³/mol. The molecule has 0 saturated carbocycles. The van der Waals surface area contributed by atoms with Crippen LogP contribution in [0.5, 0.6) is 5.75 Å². The largest absolute Gasteiger partial charge is 0.427 e. The monoisotopic (exact) mass is 1180 g/mol. The molecule has 5 unspecified atom stereocenters. The van der Waals surface area contributed by atoms with Crippen LogP contribution in [-0.2, 0) is 23.0 Å². The van der Waals surface area contributed by atoms with Crippen molar-refractivity contribution in [3.8, 4) is 5.75 Å². The number of ether oxygens (including phenoxy) is 1. The molecule has 6 heteroatoms. The van der Waals surface area contributed by atoms with Crippen molar-refractivity contribution in [2.24, 2.45) is 0 Å². The lowest BCUT2D eigenvalue weighted by Crippen LogP contribution is -2.01. The van der Waals surface area contributed by atoms with Crippen molar-refractivity contribution < 1.29 is 18.3 Å². The molecule has 0 bridgehead atoms. The van der Waals surface area contributed by atoms with E-state index < -0.39 is 0 Å². The highest BCUT2D eigenvalue weighted by Crippen LogP contribution is 2.38. The zero-order valence-electron chi connectivity index (χ0n) is 50.8. The van der Waals surface area contributed by atoms with Gasteiger partial charge in [0.15, 0.2) is 0 Å². The van der Waals surface area contributed by atoms with E-state index in [2.05, 4.69) is 203 Å². The average molecular weight is 1180 g/mol. The summed E-state index contributed by atoms with van der Waals surface area (Å²) in [5.41, 5.74) is 21.5. The molecule has 0 spiro atoms. The van der Waals surface area contributed by atoms with Crippen LogP contribution in [0.15, 0.2) is 238 Å². The molecule has 0 fully saturated rings. The molecule has 8 aromatic carbocycles. The van der Waals surface area contributed by atoms with Crippen LogP contribution < -0.4 is 4.74 Å². The molecule has 1 aliphatic rings. The van der Waals surface area contributed by atoms with Crippen molar-refractivity contribution in [1.82, 2.24) is 0 Å². The molecule has 0 radical (unpaired) electrons. The second-order valence-electron chi connectivity index (χ2n) is 21.9. The van der Waals surface area contributed by atoms with Gasteiger partial charge < -0.3 is 4.74 Å². The smallest absolute Gasteiger partial charge is 0.308 e. The van der Waals surface area contributed by atoms with Crippen molar-refractivity contribution in [1.29, 1.82) is 0 Å². The normalized spacial score (nSPS) is 13.2. The lowest BCUT2D eigenvalue weighted by molar-refractivity contribution is -0.131. The van der Waals surface area contributed by atoms with E-state index in [1.54, 1.807) is 36.4 Å².